The predicted molar refractivity (Wildman–Crippen MR) is 238 cm³/mol. The van der Waals surface area contributed by atoms with Crippen LogP contribution in [0.4, 0.5) is 0 Å². The lowest BCUT2D eigenvalue weighted by Gasteiger charge is -2.24. The number of aromatic nitrogens is 1. The van der Waals surface area contributed by atoms with E-state index in [4.69, 9.17) is 14.4 Å². The lowest BCUT2D eigenvalue weighted by molar-refractivity contribution is 0.673. The molecule has 11 aromatic rings. The van der Waals surface area contributed by atoms with Gasteiger partial charge in [-0.3, -0.25) is 0 Å². The number of thiophene rings is 1. The monoisotopic (exact) mass is 748 g/mol. The first-order valence-electron chi connectivity index (χ1n) is 19.2. The molecule has 5 nitrogen and oxygen atoms in total. The number of benzene rings is 8. The summed E-state index contributed by atoms with van der Waals surface area (Å²) in [4.78, 5) is 10.4. The Morgan fingerprint density at radius 2 is 1.19 bits per heavy atom. The Morgan fingerprint density at radius 1 is 0.509 bits per heavy atom. The highest BCUT2D eigenvalue weighted by Gasteiger charge is 2.27. The molecule has 0 spiro atoms. The lowest BCUT2D eigenvalue weighted by Crippen LogP contribution is -2.33. The first kappa shape index (κ1) is 32.0. The molecule has 6 heteroatoms. The fourth-order valence-electron chi connectivity index (χ4n) is 8.72. The summed E-state index contributed by atoms with van der Waals surface area (Å²) in [5.74, 6) is 1.51. The van der Waals surface area contributed by atoms with Gasteiger partial charge in [-0.05, 0) is 41.5 Å². The molecule has 1 aliphatic rings. The van der Waals surface area contributed by atoms with E-state index in [1.165, 1.54) is 36.7 Å². The molecule has 3 aromatic heterocycles. The molecule has 1 atom stereocenters. The van der Waals surface area contributed by atoms with Gasteiger partial charge in [-0.25, -0.2) is 9.98 Å². The number of nitrogens with zero attached hydrogens (tertiary/aromatic N) is 3. The molecule has 8 aromatic carbocycles. The zero-order valence-corrected chi connectivity index (χ0v) is 31.4. The van der Waals surface area contributed by atoms with Crippen LogP contribution in [0.1, 0.15) is 22.9 Å². The van der Waals surface area contributed by atoms with Crippen molar-refractivity contribution in [1.29, 1.82) is 0 Å². The molecule has 0 aliphatic carbocycles. The van der Waals surface area contributed by atoms with Gasteiger partial charge in [0, 0.05) is 48.3 Å². The molecule has 0 amide bonds. The van der Waals surface area contributed by atoms with E-state index in [0.717, 1.165) is 66.6 Å². The molecular weight excluding hydrogens is 717 g/mol. The van der Waals surface area contributed by atoms with E-state index in [-0.39, 0.29) is 6.17 Å². The maximum atomic E-state index is 6.65. The van der Waals surface area contributed by atoms with E-state index in [9.17, 15) is 0 Å². The van der Waals surface area contributed by atoms with Crippen LogP contribution in [-0.2, 0) is 0 Å². The van der Waals surface area contributed by atoms with Crippen LogP contribution >= 0.6 is 11.3 Å². The van der Waals surface area contributed by atoms with Crippen molar-refractivity contribution in [3.63, 3.8) is 0 Å². The summed E-state index contributed by atoms with van der Waals surface area (Å²) in [6.45, 7) is 0. The van der Waals surface area contributed by atoms with E-state index in [2.05, 4.69) is 162 Å². The molecule has 0 fully saturated rings. The average molecular weight is 749 g/mol. The van der Waals surface area contributed by atoms with Crippen molar-refractivity contribution in [2.24, 2.45) is 9.98 Å². The zero-order chi connectivity index (χ0) is 37.5. The van der Waals surface area contributed by atoms with Gasteiger partial charge < -0.3 is 14.3 Å². The van der Waals surface area contributed by atoms with Crippen molar-refractivity contribution in [2.45, 2.75) is 6.17 Å². The summed E-state index contributed by atoms with van der Waals surface area (Å²) in [6, 6.07) is 64.1. The van der Waals surface area contributed by atoms with Crippen LogP contribution in [0.5, 0.6) is 0 Å². The largest absolute Gasteiger partial charge is 0.455 e. The van der Waals surface area contributed by atoms with Crippen LogP contribution in [0, 0.1) is 0 Å². The van der Waals surface area contributed by atoms with E-state index in [0.29, 0.717) is 5.84 Å². The highest BCUT2D eigenvalue weighted by molar-refractivity contribution is 7.26. The minimum atomic E-state index is -0.378. The quantitative estimate of drug-likeness (QED) is 0.191. The van der Waals surface area contributed by atoms with Crippen LogP contribution in [-0.4, -0.2) is 16.2 Å². The van der Waals surface area contributed by atoms with E-state index < -0.39 is 0 Å². The number of para-hydroxylation sites is 2. The van der Waals surface area contributed by atoms with E-state index in [1.54, 1.807) is 0 Å². The van der Waals surface area contributed by atoms with E-state index in [1.807, 2.05) is 41.7 Å². The van der Waals surface area contributed by atoms with Gasteiger partial charge in [0.2, 0.25) is 0 Å². The second kappa shape index (κ2) is 12.6. The second-order valence-electron chi connectivity index (χ2n) is 14.5. The molecule has 4 heterocycles. The fourth-order valence-corrected chi connectivity index (χ4v) is 10.1. The van der Waals surface area contributed by atoms with Crippen molar-refractivity contribution in [2.75, 3.05) is 0 Å². The van der Waals surface area contributed by atoms with Crippen molar-refractivity contribution >= 4 is 86.9 Å². The Hall–Kier alpha value is -7.28. The Bertz CT molecular complexity index is 3430. The Labute approximate surface area is 331 Å². The van der Waals surface area contributed by atoms with Gasteiger partial charge in [0.25, 0.3) is 0 Å². The first-order chi connectivity index (χ1) is 28.3. The van der Waals surface area contributed by atoms with Crippen LogP contribution in [0.25, 0.3) is 80.7 Å². The number of rotatable bonds is 5. The van der Waals surface area contributed by atoms with Gasteiger partial charge in [0.1, 0.15) is 23.2 Å². The zero-order valence-electron chi connectivity index (χ0n) is 30.6. The summed E-state index contributed by atoms with van der Waals surface area (Å²) in [5.41, 5.74) is 10.7. The molecule has 1 aliphatic heterocycles. The number of amidine groups is 2. The van der Waals surface area contributed by atoms with E-state index >= 15 is 0 Å². The normalized spacial score (nSPS) is 14.5. The molecule has 0 saturated heterocycles. The molecule has 0 radical (unpaired) electrons. The van der Waals surface area contributed by atoms with Crippen LogP contribution in [0.3, 0.4) is 0 Å². The molecule has 268 valence electrons. The summed E-state index contributed by atoms with van der Waals surface area (Å²) in [6.07, 6.45) is -0.378. The molecule has 12 rings (SSSR count). The van der Waals surface area contributed by atoms with Gasteiger partial charge >= 0.3 is 0 Å². The second-order valence-corrected chi connectivity index (χ2v) is 15.5. The van der Waals surface area contributed by atoms with Gasteiger partial charge in [-0.1, -0.05) is 152 Å². The van der Waals surface area contributed by atoms with Gasteiger partial charge in [-0.2, -0.15) is 0 Å². The minimum absolute atomic E-state index is 0.378. The smallest absolute Gasteiger partial charge is 0.159 e. The van der Waals surface area contributed by atoms with Gasteiger partial charge in [0.15, 0.2) is 5.84 Å². The molecule has 0 bridgehead atoms. The third kappa shape index (κ3) is 4.94. The first-order valence-corrected chi connectivity index (χ1v) is 20.0. The number of nitrogens with one attached hydrogen (secondary N) is 1. The highest BCUT2D eigenvalue weighted by Crippen LogP contribution is 2.48. The molecule has 0 saturated carbocycles. The summed E-state index contributed by atoms with van der Waals surface area (Å²) >= 11 is 1.85. The van der Waals surface area contributed by atoms with Gasteiger partial charge in [0.05, 0.1) is 26.8 Å². The summed E-state index contributed by atoms with van der Waals surface area (Å²) in [7, 11) is 0. The highest BCUT2D eigenvalue weighted by atomic mass is 32.1. The van der Waals surface area contributed by atoms with Crippen molar-refractivity contribution < 1.29 is 4.42 Å². The minimum Gasteiger partial charge on any atom is -0.455 e. The molecular formula is C51H32N4OS. The number of hydrogen-bond acceptors (Lipinski definition) is 5. The van der Waals surface area contributed by atoms with Crippen molar-refractivity contribution in [3.8, 4) is 16.8 Å². The van der Waals surface area contributed by atoms with Crippen molar-refractivity contribution in [3.05, 3.63) is 199 Å². The van der Waals surface area contributed by atoms with Gasteiger partial charge in [-0.15, -0.1) is 11.3 Å². The van der Waals surface area contributed by atoms with Crippen LogP contribution < -0.4 is 5.32 Å². The molecule has 57 heavy (non-hydrogen) atoms. The third-order valence-electron chi connectivity index (χ3n) is 11.3. The average Bonchev–Trinajstić information content (AvgIpc) is 3.97. The van der Waals surface area contributed by atoms with Crippen LogP contribution in [0.15, 0.2) is 196 Å². The van der Waals surface area contributed by atoms with Crippen LogP contribution in [0.2, 0.25) is 0 Å². The lowest BCUT2D eigenvalue weighted by atomic mass is 9.97. The molecule has 1 N–H and O–H groups in total. The summed E-state index contributed by atoms with van der Waals surface area (Å²) in [5, 5.41) is 10.7. The SMILES string of the molecule is c1ccc(C2=NC(c3ccc(-c4ccccc4)c4sc5c(-n6c7ccccc7c7c8oc9ccccc9c8ccc76)cccc5c34)NC(c3ccccc3)=N2)cc1. The number of furan rings is 1. The maximum absolute atomic E-state index is 6.65. The van der Waals surface area contributed by atoms with Crippen molar-refractivity contribution in [1.82, 2.24) is 9.88 Å². The number of fused-ring (bicyclic) bond motifs is 10. The topological polar surface area (TPSA) is 54.8 Å². The summed E-state index contributed by atoms with van der Waals surface area (Å²) < 4.78 is 11.5. The Kier molecular flexibility index (Phi) is 7.09. The predicted octanol–water partition coefficient (Wildman–Crippen LogP) is 13.2. The standard InChI is InChI=1S/C51H32N4OS/c1-4-15-31(16-5-1)34-27-28-39(51-53-49(32-17-6-2-7-18-32)52-50(54-51)33-19-8-3-9-20-33)44-38-23-14-25-42(47(38)57-48(34)44)55-40-24-12-10-22-37(40)45-41(55)30-29-36-35-21-11-13-26-43(35)56-46(36)45/h1-30,51H,(H,52,53,54). The Morgan fingerprint density at radius 3 is 2.00 bits per heavy atom. The number of hydrogen-bond donors (Lipinski definition) is 1. The maximum Gasteiger partial charge on any atom is 0.159 e. The Balaban J connectivity index is 1.14. The number of aliphatic imine (C=N–C) groups is 2. The fraction of sp³-hybridized carbons (Fsp3) is 0.0196. The third-order valence-corrected chi connectivity index (χ3v) is 12.5. The molecule has 1 unspecified atom stereocenters.